The van der Waals surface area contributed by atoms with Crippen molar-refractivity contribution in [2.75, 3.05) is 20.2 Å². The second kappa shape index (κ2) is 11.8. The van der Waals surface area contributed by atoms with Gasteiger partial charge in [0.15, 0.2) is 11.5 Å². The van der Waals surface area contributed by atoms with Crippen LogP contribution >= 0.6 is 0 Å². The quantitative estimate of drug-likeness (QED) is 0.631. The Kier molecular flexibility index (Phi) is 8.28. The maximum absolute atomic E-state index is 12.8. The zero-order valence-electron chi connectivity index (χ0n) is 19.9. The lowest BCUT2D eigenvalue weighted by molar-refractivity contribution is 0.0917. The molecule has 2 aliphatic rings. The molecule has 0 spiro atoms. The Morgan fingerprint density at radius 3 is 2.29 bits per heavy atom. The number of urea groups is 1. The number of nitrogens with one attached hydrogen (secondary N) is 2. The van der Waals surface area contributed by atoms with Gasteiger partial charge in [-0.25, -0.2) is 4.79 Å². The predicted octanol–water partition coefficient (Wildman–Crippen LogP) is 4.51. The van der Waals surface area contributed by atoms with E-state index in [2.05, 4.69) is 10.6 Å². The van der Waals surface area contributed by atoms with Gasteiger partial charge < -0.3 is 25.0 Å². The van der Waals surface area contributed by atoms with Crippen molar-refractivity contribution in [2.45, 2.75) is 63.6 Å². The molecule has 4 rings (SSSR count). The highest BCUT2D eigenvalue weighted by molar-refractivity contribution is 5.95. The van der Waals surface area contributed by atoms with E-state index < -0.39 is 0 Å². The van der Waals surface area contributed by atoms with Crippen molar-refractivity contribution < 1.29 is 19.1 Å². The Labute approximate surface area is 201 Å². The van der Waals surface area contributed by atoms with Crippen molar-refractivity contribution in [3.8, 4) is 11.5 Å². The summed E-state index contributed by atoms with van der Waals surface area (Å²) in [7, 11) is 1.57. The first kappa shape index (κ1) is 23.9. The van der Waals surface area contributed by atoms with Crippen molar-refractivity contribution in [3.05, 3.63) is 59.7 Å². The lowest BCUT2D eigenvalue weighted by atomic mass is 9.95. The van der Waals surface area contributed by atoms with E-state index in [0.717, 1.165) is 31.2 Å². The average Bonchev–Trinajstić information content (AvgIpc) is 2.89. The Balaban J connectivity index is 1.26. The van der Waals surface area contributed by atoms with Crippen LogP contribution in [0.15, 0.2) is 48.5 Å². The molecule has 2 aromatic rings. The molecule has 0 unspecified atom stereocenters. The van der Waals surface area contributed by atoms with Gasteiger partial charge in [0.2, 0.25) is 0 Å². The number of carbonyl (C=O) groups is 2. The molecule has 7 heteroatoms. The fourth-order valence-corrected chi connectivity index (χ4v) is 4.67. The molecule has 1 aliphatic heterocycles. The summed E-state index contributed by atoms with van der Waals surface area (Å²) in [5.74, 6) is 0.982. The molecule has 1 aliphatic carbocycles. The number of nitrogens with zero attached hydrogens (tertiary/aromatic N) is 1. The summed E-state index contributed by atoms with van der Waals surface area (Å²) in [6.45, 7) is 1.73. The molecule has 34 heavy (non-hydrogen) atoms. The molecule has 3 amide bonds. The van der Waals surface area contributed by atoms with Gasteiger partial charge in [0.25, 0.3) is 5.91 Å². The number of methoxy groups -OCH3 is 1. The van der Waals surface area contributed by atoms with Crippen LogP contribution in [0.3, 0.4) is 0 Å². The summed E-state index contributed by atoms with van der Waals surface area (Å²) in [5.41, 5.74) is 1.59. The fraction of sp³-hybridized carbons (Fsp3) is 0.481. The molecule has 1 saturated heterocycles. The van der Waals surface area contributed by atoms with Gasteiger partial charge in [0.05, 0.1) is 7.11 Å². The molecular weight excluding hydrogens is 430 g/mol. The van der Waals surface area contributed by atoms with Crippen LogP contribution in [-0.4, -0.2) is 49.1 Å². The summed E-state index contributed by atoms with van der Waals surface area (Å²) in [5, 5.41) is 6.29. The third-order valence-electron chi connectivity index (χ3n) is 6.71. The first-order valence-electron chi connectivity index (χ1n) is 12.3. The van der Waals surface area contributed by atoms with E-state index in [-0.39, 0.29) is 18.0 Å². The van der Waals surface area contributed by atoms with Crippen molar-refractivity contribution in [3.63, 3.8) is 0 Å². The van der Waals surface area contributed by atoms with Crippen LogP contribution in [0.2, 0.25) is 0 Å². The van der Waals surface area contributed by atoms with Crippen molar-refractivity contribution in [2.24, 2.45) is 0 Å². The molecular formula is C27H35N3O4. The number of hydrogen-bond acceptors (Lipinski definition) is 4. The minimum atomic E-state index is -0.141. The Hall–Kier alpha value is -3.22. The van der Waals surface area contributed by atoms with Crippen LogP contribution in [0.5, 0.6) is 11.5 Å². The lowest BCUT2D eigenvalue weighted by Crippen LogP contribution is -2.51. The molecule has 7 nitrogen and oxygen atoms in total. The summed E-state index contributed by atoms with van der Waals surface area (Å²) in [4.78, 5) is 27.3. The number of piperidine rings is 1. The highest BCUT2D eigenvalue weighted by Gasteiger charge is 2.26. The number of benzene rings is 2. The molecule has 0 radical (unpaired) electrons. The minimum absolute atomic E-state index is 0.0347. The van der Waals surface area contributed by atoms with Gasteiger partial charge in [-0.15, -0.1) is 0 Å². The second-order valence-electron chi connectivity index (χ2n) is 9.16. The summed E-state index contributed by atoms with van der Waals surface area (Å²) in [6, 6.07) is 15.5. The topological polar surface area (TPSA) is 79.9 Å². The normalized spacial score (nSPS) is 17.1. The number of carbonyl (C=O) groups excluding carboxylic acids is 2. The molecule has 2 aromatic carbocycles. The lowest BCUT2D eigenvalue weighted by Gasteiger charge is -2.34. The predicted molar refractivity (Wildman–Crippen MR) is 131 cm³/mol. The standard InChI is InChI=1S/C27H35N3O4/c1-33-25-18-21(12-13-24(25)34-19-20-8-4-2-5-9-20)26(31)28-23-14-16-30(17-15-23)27(32)29-22-10-6-3-7-11-22/h2,4-5,8-9,12-13,18,22-23H,3,6-7,10-11,14-17,19H2,1H3,(H,28,31)(H,29,32). The fourth-order valence-electron chi connectivity index (χ4n) is 4.67. The van der Waals surface area contributed by atoms with Gasteiger partial charge >= 0.3 is 6.03 Å². The molecule has 0 atom stereocenters. The van der Waals surface area contributed by atoms with E-state index in [1.54, 1.807) is 25.3 Å². The number of rotatable bonds is 7. The molecule has 2 fully saturated rings. The van der Waals surface area contributed by atoms with E-state index in [1.165, 1.54) is 19.3 Å². The van der Waals surface area contributed by atoms with Crippen molar-refractivity contribution in [1.82, 2.24) is 15.5 Å². The number of hydrogen-bond donors (Lipinski definition) is 2. The SMILES string of the molecule is COc1cc(C(=O)NC2CCN(C(=O)NC3CCCCC3)CC2)ccc1OCc1ccccc1. The van der Waals surface area contributed by atoms with Gasteiger partial charge in [0, 0.05) is 30.7 Å². The third kappa shape index (κ3) is 6.43. The monoisotopic (exact) mass is 465 g/mol. The molecule has 1 heterocycles. The molecule has 1 saturated carbocycles. The van der Waals surface area contributed by atoms with Crippen molar-refractivity contribution >= 4 is 11.9 Å². The second-order valence-corrected chi connectivity index (χ2v) is 9.16. The van der Waals surface area contributed by atoms with Gasteiger partial charge in [-0.05, 0) is 49.4 Å². The Morgan fingerprint density at radius 1 is 0.882 bits per heavy atom. The highest BCUT2D eigenvalue weighted by atomic mass is 16.5. The number of likely N-dealkylation sites (tertiary alicyclic amines) is 1. The third-order valence-corrected chi connectivity index (χ3v) is 6.71. The van der Waals surface area contributed by atoms with E-state index in [1.807, 2.05) is 35.2 Å². The maximum atomic E-state index is 12.8. The van der Waals surface area contributed by atoms with Gasteiger partial charge in [-0.2, -0.15) is 0 Å². The van der Waals surface area contributed by atoms with E-state index in [4.69, 9.17) is 9.47 Å². The van der Waals surface area contributed by atoms with Gasteiger partial charge in [0.1, 0.15) is 6.61 Å². The zero-order chi connectivity index (χ0) is 23.8. The number of ether oxygens (including phenoxy) is 2. The molecule has 182 valence electrons. The largest absolute Gasteiger partial charge is 0.493 e. The maximum Gasteiger partial charge on any atom is 0.317 e. The van der Waals surface area contributed by atoms with Crippen LogP contribution < -0.4 is 20.1 Å². The van der Waals surface area contributed by atoms with E-state index in [0.29, 0.717) is 42.8 Å². The van der Waals surface area contributed by atoms with Gasteiger partial charge in [-0.3, -0.25) is 4.79 Å². The average molecular weight is 466 g/mol. The van der Waals surface area contributed by atoms with E-state index >= 15 is 0 Å². The van der Waals surface area contributed by atoms with E-state index in [9.17, 15) is 9.59 Å². The van der Waals surface area contributed by atoms with Crippen LogP contribution in [0, 0.1) is 0 Å². The highest BCUT2D eigenvalue weighted by Crippen LogP contribution is 2.29. The summed E-state index contributed by atoms with van der Waals surface area (Å²) >= 11 is 0. The van der Waals surface area contributed by atoms with Crippen LogP contribution in [0.4, 0.5) is 4.79 Å². The first-order valence-corrected chi connectivity index (χ1v) is 12.3. The van der Waals surface area contributed by atoms with Crippen LogP contribution in [0.25, 0.3) is 0 Å². The van der Waals surface area contributed by atoms with Crippen molar-refractivity contribution in [1.29, 1.82) is 0 Å². The zero-order valence-corrected chi connectivity index (χ0v) is 19.9. The van der Waals surface area contributed by atoms with Crippen LogP contribution in [0.1, 0.15) is 60.9 Å². The molecule has 2 N–H and O–H groups in total. The molecule has 0 bridgehead atoms. The first-order chi connectivity index (χ1) is 16.6. The summed E-state index contributed by atoms with van der Waals surface area (Å²) in [6.07, 6.45) is 7.33. The number of amides is 3. The molecule has 0 aromatic heterocycles. The van der Waals surface area contributed by atoms with Crippen LogP contribution in [-0.2, 0) is 6.61 Å². The summed E-state index contributed by atoms with van der Waals surface area (Å²) < 4.78 is 11.3. The Bertz CT molecular complexity index is 952. The Morgan fingerprint density at radius 2 is 1.59 bits per heavy atom. The minimum Gasteiger partial charge on any atom is -0.493 e. The van der Waals surface area contributed by atoms with Gasteiger partial charge in [-0.1, -0.05) is 49.6 Å². The smallest absolute Gasteiger partial charge is 0.317 e.